The summed E-state index contributed by atoms with van der Waals surface area (Å²) in [6, 6.07) is 6.01. The zero-order valence-electron chi connectivity index (χ0n) is 13.0. The minimum atomic E-state index is 0. The lowest BCUT2D eigenvalue weighted by atomic mass is 9.99. The maximum absolute atomic E-state index is 9.74. The van der Waals surface area contributed by atoms with Crippen molar-refractivity contribution in [3.63, 3.8) is 0 Å². The average Bonchev–Trinajstić information content (AvgIpc) is 2.50. The molecule has 1 atom stereocenters. The molecule has 1 aromatic rings. The fourth-order valence-electron chi connectivity index (χ4n) is 2.73. The third-order valence-corrected chi connectivity index (χ3v) is 3.83. The van der Waals surface area contributed by atoms with E-state index in [1.807, 2.05) is 18.2 Å². The molecule has 4 nitrogen and oxygen atoms in total. The van der Waals surface area contributed by atoms with Gasteiger partial charge in [0, 0.05) is 32.2 Å². The van der Waals surface area contributed by atoms with Gasteiger partial charge in [-0.15, -0.1) is 31.4 Å². The fraction of sp³-hybridized carbons (Fsp3) is 0.500. The van der Waals surface area contributed by atoms with Crippen LogP contribution >= 0.6 is 24.8 Å². The Kier molecular flexibility index (Phi) is 10.3. The van der Waals surface area contributed by atoms with Crippen LogP contribution in [0.2, 0.25) is 0 Å². The van der Waals surface area contributed by atoms with Gasteiger partial charge in [0.25, 0.3) is 0 Å². The topological polar surface area (TPSA) is 44.7 Å². The molecule has 2 rings (SSSR count). The van der Waals surface area contributed by atoms with Crippen molar-refractivity contribution in [1.29, 1.82) is 0 Å². The number of halogens is 2. The van der Waals surface area contributed by atoms with E-state index in [9.17, 15) is 5.11 Å². The first-order chi connectivity index (χ1) is 9.76. The van der Waals surface area contributed by atoms with Crippen LogP contribution in [0.15, 0.2) is 30.9 Å². The Morgan fingerprint density at radius 3 is 2.64 bits per heavy atom. The van der Waals surface area contributed by atoms with E-state index >= 15 is 0 Å². The van der Waals surface area contributed by atoms with Gasteiger partial charge in [-0.05, 0) is 30.5 Å². The van der Waals surface area contributed by atoms with Crippen molar-refractivity contribution in [2.75, 3.05) is 33.3 Å². The first-order valence-corrected chi connectivity index (χ1v) is 7.19. The highest BCUT2D eigenvalue weighted by molar-refractivity contribution is 5.85. The Labute approximate surface area is 145 Å². The number of benzene rings is 1. The minimum Gasteiger partial charge on any atom is -0.504 e. The molecule has 0 saturated carbocycles. The van der Waals surface area contributed by atoms with E-state index in [0.717, 1.165) is 39.0 Å². The summed E-state index contributed by atoms with van der Waals surface area (Å²) in [6.07, 6.45) is 3.99. The number of piperazine rings is 1. The Morgan fingerprint density at radius 2 is 2.05 bits per heavy atom. The van der Waals surface area contributed by atoms with Gasteiger partial charge in [-0.25, -0.2) is 0 Å². The SMILES string of the molecule is C=CCC[C@@H](c1ccc(O)c(OC)c1)N1CCNCC1.Cl.Cl. The van der Waals surface area contributed by atoms with E-state index in [1.165, 1.54) is 5.56 Å². The van der Waals surface area contributed by atoms with Gasteiger partial charge < -0.3 is 15.2 Å². The number of ether oxygens (including phenoxy) is 1. The highest BCUT2D eigenvalue weighted by Gasteiger charge is 2.22. The van der Waals surface area contributed by atoms with Gasteiger partial charge in [-0.2, -0.15) is 0 Å². The summed E-state index contributed by atoms with van der Waals surface area (Å²) in [5.41, 5.74) is 1.20. The molecule has 2 N–H and O–H groups in total. The van der Waals surface area contributed by atoms with Crippen LogP contribution in [0.4, 0.5) is 0 Å². The number of hydrogen-bond donors (Lipinski definition) is 2. The number of hydrogen-bond acceptors (Lipinski definition) is 4. The third-order valence-electron chi connectivity index (χ3n) is 3.83. The summed E-state index contributed by atoms with van der Waals surface area (Å²) in [5, 5.41) is 13.1. The average molecular weight is 349 g/mol. The summed E-state index contributed by atoms with van der Waals surface area (Å²) in [6.45, 7) is 7.97. The molecule has 0 bridgehead atoms. The van der Waals surface area contributed by atoms with Crippen molar-refractivity contribution in [1.82, 2.24) is 10.2 Å². The van der Waals surface area contributed by atoms with E-state index in [1.54, 1.807) is 13.2 Å². The number of allylic oxidation sites excluding steroid dienone is 1. The highest BCUT2D eigenvalue weighted by atomic mass is 35.5. The van der Waals surface area contributed by atoms with E-state index < -0.39 is 0 Å². The molecule has 1 saturated heterocycles. The lowest BCUT2D eigenvalue weighted by Crippen LogP contribution is -2.45. The summed E-state index contributed by atoms with van der Waals surface area (Å²) in [7, 11) is 1.59. The quantitative estimate of drug-likeness (QED) is 0.775. The van der Waals surface area contributed by atoms with Gasteiger partial charge in [0.15, 0.2) is 11.5 Å². The molecule has 1 aliphatic heterocycles. The van der Waals surface area contributed by atoms with Crippen molar-refractivity contribution in [2.24, 2.45) is 0 Å². The van der Waals surface area contributed by atoms with Crippen molar-refractivity contribution in [3.8, 4) is 11.5 Å². The molecular formula is C16H26Cl2N2O2. The maximum Gasteiger partial charge on any atom is 0.160 e. The molecule has 0 unspecified atom stereocenters. The first-order valence-electron chi connectivity index (χ1n) is 7.19. The van der Waals surface area contributed by atoms with Gasteiger partial charge >= 0.3 is 0 Å². The summed E-state index contributed by atoms with van der Waals surface area (Å²) < 4.78 is 5.23. The molecule has 1 aromatic carbocycles. The summed E-state index contributed by atoms with van der Waals surface area (Å²) in [4.78, 5) is 2.49. The van der Waals surface area contributed by atoms with Crippen LogP contribution in [-0.2, 0) is 0 Å². The molecule has 22 heavy (non-hydrogen) atoms. The second-order valence-electron chi connectivity index (χ2n) is 5.10. The fourth-order valence-corrected chi connectivity index (χ4v) is 2.73. The maximum atomic E-state index is 9.74. The molecular weight excluding hydrogens is 323 g/mol. The smallest absolute Gasteiger partial charge is 0.160 e. The lowest BCUT2D eigenvalue weighted by molar-refractivity contribution is 0.166. The van der Waals surface area contributed by atoms with Gasteiger partial charge in [0.2, 0.25) is 0 Å². The second-order valence-corrected chi connectivity index (χ2v) is 5.10. The predicted molar refractivity (Wildman–Crippen MR) is 95.8 cm³/mol. The van der Waals surface area contributed by atoms with Gasteiger partial charge in [-0.1, -0.05) is 12.1 Å². The molecule has 0 aliphatic carbocycles. The Balaban J connectivity index is 0.00000220. The van der Waals surface area contributed by atoms with Crippen LogP contribution in [0.25, 0.3) is 0 Å². The molecule has 0 amide bonds. The number of aromatic hydroxyl groups is 1. The number of methoxy groups -OCH3 is 1. The van der Waals surface area contributed by atoms with Crippen LogP contribution in [0.1, 0.15) is 24.4 Å². The third kappa shape index (κ3) is 5.36. The van der Waals surface area contributed by atoms with Gasteiger partial charge in [0.1, 0.15) is 0 Å². The van der Waals surface area contributed by atoms with Crippen LogP contribution in [0.5, 0.6) is 11.5 Å². The van der Waals surface area contributed by atoms with E-state index in [-0.39, 0.29) is 30.6 Å². The molecule has 1 fully saturated rings. The Morgan fingerprint density at radius 1 is 1.36 bits per heavy atom. The summed E-state index contributed by atoms with van der Waals surface area (Å²) in [5.74, 6) is 0.736. The van der Waals surface area contributed by atoms with E-state index in [0.29, 0.717) is 11.8 Å². The van der Waals surface area contributed by atoms with Crippen LogP contribution in [-0.4, -0.2) is 43.3 Å². The van der Waals surface area contributed by atoms with Crippen molar-refractivity contribution >= 4 is 24.8 Å². The molecule has 1 aliphatic rings. The second kappa shape index (κ2) is 10.7. The van der Waals surface area contributed by atoms with Crippen LogP contribution < -0.4 is 10.1 Å². The van der Waals surface area contributed by atoms with Crippen molar-refractivity contribution in [2.45, 2.75) is 18.9 Å². The summed E-state index contributed by atoms with van der Waals surface area (Å²) >= 11 is 0. The van der Waals surface area contributed by atoms with Crippen molar-refractivity contribution < 1.29 is 9.84 Å². The largest absolute Gasteiger partial charge is 0.504 e. The molecule has 0 spiro atoms. The van der Waals surface area contributed by atoms with E-state index in [4.69, 9.17) is 4.74 Å². The van der Waals surface area contributed by atoms with Gasteiger partial charge in [0.05, 0.1) is 7.11 Å². The van der Waals surface area contributed by atoms with Crippen molar-refractivity contribution in [3.05, 3.63) is 36.4 Å². The molecule has 126 valence electrons. The van der Waals surface area contributed by atoms with Crippen LogP contribution in [0.3, 0.4) is 0 Å². The number of phenols is 1. The lowest BCUT2D eigenvalue weighted by Gasteiger charge is -2.35. The molecule has 1 heterocycles. The zero-order chi connectivity index (χ0) is 14.4. The number of rotatable bonds is 6. The molecule has 0 aromatic heterocycles. The van der Waals surface area contributed by atoms with Gasteiger partial charge in [-0.3, -0.25) is 4.90 Å². The zero-order valence-corrected chi connectivity index (χ0v) is 14.6. The Hall–Kier alpha value is -0.940. The normalized spacial score (nSPS) is 16.0. The number of nitrogens with zero attached hydrogens (tertiary/aromatic N) is 1. The minimum absolute atomic E-state index is 0. The number of phenolic OH excluding ortho intramolecular Hbond substituents is 1. The molecule has 0 radical (unpaired) electrons. The van der Waals surface area contributed by atoms with E-state index in [2.05, 4.69) is 16.8 Å². The van der Waals surface area contributed by atoms with Crippen LogP contribution in [0, 0.1) is 0 Å². The monoisotopic (exact) mass is 348 g/mol. The standard InChI is InChI=1S/C16H24N2O2.2ClH/c1-3-4-5-14(18-10-8-17-9-11-18)13-6-7-15(19)16(12-13)20-2;;/h3,6-7,12,14,17,19H,1,4-5,8-11H2,2H3;2*1H/t14-;;/m0../s1. The molecule has 6 heteroatoms. The predicted octanol–water partition coefficient (Wildman–Crippen LogP) is 3.16. The first kappa shape index (κ1) is 21.1. The highest BCUT2D eigenvalue weighted by Crippen LogP contribution is 2.33. The number of nitrogens with one attached hydrogen (secondary N) is 1. The Bertz CT molecular complexity index is 452.